The Morgan fingerprint density at radius 2 is 2.05 bits per heavy atom. The first-order valence-corrected chi connectivity index (χ1v) is 7.79. The Morgan fingerprint density at radius 1 is 1.25 bits per heavy atom. The number of rotatable bonds is 3. The molecule has 2 unspecified atom stereocenters. The van der Waals surface area contributed by atoms with Gasteiger partial charge in [-0.25, -0.2) is 0 Å². The van der Waals surface area contributed by atoms with Crippen LogP contribution in [0.25, 0.3) is 0 Å². The zero-order valence-corrected chi connectivity index (χ0v) is 12.2. The van der Waals surface area contributed by atoms with Crippen LogP contribution in [0.2, 0.25) is 0 Å². The topological polar surface area (TPSA) is 38.7 Å². The molecule has 3 rings (SSSR count). The van der Waals surface area contributed by atoms with E-state index in [0.717, 1.165) is 29.4 Å². The van der Waals surface area contributed by atoms with Crippen LogP contribution in [0.1, 0.15) is 56.6 Å². The molecule has 1 aliphatic carbocycles. The van der Waals surface area contributed by atoms with Crippen molar-refractivity contribution in [3.05, 3.63) is 23.8 Å². The van der Waals surface area contributed by atoms with Gasteiger partial charge in [0.25, 0.3) is 0 Å². The lowest BCUT2D eigenvalue weighted by atomic mass is 9.83. The van der Waals surface area contributed by atoms with Crippen LogP contribution < -0.4 is 9.47 Å². The minimum Gasteiger partial charge on any atom is -0.497 e. The molecule has 110 valence electrons. The molecule has 1 saturated carbocycles. The molecular weight excluding hydrogens is 252 g/mol. The summed E-state index contributed by atoms with van der Waals surface area (Å²) in [4.78, 5) is 0. The second-order valence-corrected chi connectivity index (χ2v) is 6.13. The number of aliphatic hydroxyl groups excluding tert-OH is 1. The highest BCUT2D eigenvalue weighted by molar-refractivity contribution is 5.43. The predicted molar refractivity (Wildman–Crippen MR) is 78.2 cm³/mol. The molecule has 3 nitrogen and oxygen atoms in total. The van der Waals surface area contributed by atoms with Gasteiger partial charge in [0.2, 0.25) is 0 Å². The molecule has 0 aromatic heterocycles. The first-order chi connectivity index (χ1) is 9.76. The van der Waals surface area contributed by atoms with Gasteiger partial charge in [0.1, 0.15) is 17.6 Å². The summed E-state index contributed by atoms with van der Waals surface area (Å²) in [6.45, 7) is 0. The van der Waals surface area contributed by atoms with Crippen molar-refractivity contribution in [1.29, 1.82) is 0 Å². The number of hydrogen-bond donors (Lipinski definition) is 1. The molecule has 0 amide bonds. The Kier molecular flexibility index (Phi) is 4.16. The van der Waals surface area contributed by atoms with Gasteiger partial charge in [-0.05, 0) is 30.5 Å². The van der Waals surface area contributed by atoms with Crippen molar-refractivity contribution in [2.75, 3.05) is 7.11 Å². The summed E-state index contributed by atoms with van der Waals surface area (Å²) < 4.78 is 11.3. The third kappa shape index (κ3) is 2.93. The van der Waals surface area contributed by atoms with Crippen LogP contribution in [-0.4, -0.2) is 18.3 Å². The van der Waals surface area contributed by atoms with Crippen molar-refractivity contribution in [2.45, 2.75) is 57.2 Å². The Hall–Kier alpha value is -1.22. The van der Waals surface area contributed by atoms with Crippen molar-refractivity contribution in [2.24, 2.45) is 5.92 Å². The van der Waals surface area contributed by atoms with Gasteiger partial charge in [-0.3, -0.25) is 0 Å². The van der Waals surface area contributed by atoms with E-state index >= 15 is 0 Å². The van der Waals surface area contributed by atoms with Crippen LogP contribution in [-0.2, 0) is 0 Å². The summed E-state index contributed by atoms with van der Waals surface area (Å²) in [5.41, 5.74) is 0.865. The van der Waals surface area contributed by atoms with E-state index in [1.807, 2.05) is 18.2 Å². The van der Waals surface area contributed by atoms with E-state index in [4.69, 9.17) is 9.47 Å². The van der Waals surface area contributed by atoms with Gasteiger partial charge >= 0.3 is 0 Å². The second-order valence-electron chi connectivity index (χ2n) is 6.13. The third-order valence-corrected chi connectivity index (χ3v) is 4.68. The summed E-state index contributed by atoms with van der Waals surface area (Å²) in [6.07, 6.45) is 8.27. The zero-order valence-electron chi connectivity index (χ0n) is 12.2. The zero-order chi connectivity index (χ0) is 13.9. The molecule has 1 heterocycles. The largest absolute Gasteiger partial charge is 0.497 e. The quantitative estimate of drug-likeness (QED) is 0.911. The maximum Gasteiger partial charge on any atom is 0.125 e. The SMILES string of the molecule is COc1ccc2c(c1)C(O)CC(CC1CCCCC1)O2. The minimum absolute atomic E-state index is 0.161. The third-order valence-electron chi connectivity index (χ3n) is 4.68. The van der Waals surface area contributed by atoms with E-state index in [9.17, 15) is 5.11 Å². The lowest BCUT2D eigenvalue weighted by Crippen LogP contribution is -2.28. The summed E-state index contributed by atoms with van der Waals surface area (Å²) in [7, 11) is 1.64. The monoisotopic (exact) mass is 276 g/mol. The second kappa shape index (κ2) is 6.04. The van der Waals surface area contributed by atoms with Crippen LogP contribution >= 0.6 is 0 Å². The number of aliphatic hydroxyl groups is 1. The van der Waals surface area contributed by atoms with E-state index in [2.05, 4.69) is 0 Å². The van der Waals surface area contributed by atoms with Crippen LogP contribution in [0, 0.1) is 5.92 Å². The Balaban J connectivity index is 1.68. The van der Waals surface area contributed by atoms with Gasteiger partial charge in [0.05, 0.1) is 13.2 Å². The molecule has 20 heavy (non-hydrogen) atoms. The Bertz CT molecular complexity index is 452. The van der Waals surface area contributed by atoms with Gasteiger partial charge < -0.3 is 14.6 Å². The van der Waals surface area contributed by atoms with Crippen LogP contribution in [0.3, 0.4) is 0 Å². The number of benzene rings is 1. The first-order valence-electron chi connectivity index (χ1n) is 7.79. The maximum atomic E-state index is 10.3. The summed E-state index contributed by atoms with van der Waals surface area (Å²) >= 11 is 0. The van der Waals surface area contributed by atoms with E-state index in [-0.39, 0.29) is 6.10 Å². The molecule has 2 aliphatic rings. The molecule has 3 heteroatoms. The molecule has 2 atom stereocenters. The molecule has 1 aromatic rings. The molecule has 0 spiro atoms. The fourth-order valence-corrected chi connectivity index (χ4v) is 3.56. The molecule has 0 radical (unpaired) electrons. The Labute approximate surface area is 120 Å². The normalized spacial score (nSPS) is 26.7. The number of fused-ring (bicyclic) bond motifs is 1. The van der Waals surface area contributed by atoms with Crippen molar-refractivity contribution >= 4 is 0 Å². The summed E-state index contributed by atoms with van der Waals surface area (Å²) in [5.74, 6) is 2.38. The summed E-state index contributed by atoms with van der Waals surface area (Å²) in [5, 5.41) is 10.3. The highest BCUT2D eigenvalue weighted by Crippen LogP contribution is 2.39. The minimum atomic E-state index is -0.428. The van der Waals surface area contributed by atoms with Gasteiger partial charge in [-0.2, -0.15) is 0 Å². The van der Waals surface area contributed by atoms with E-state index < -0.39 is 6.10 Å². The Morgan fingerprint density at radius 3 is 2.80 bits per heavy atom. The lowest BCUT2D eigenvalue weighted by molar-refractivity contribution is 0.0492. The average molecular weight is 276 g/mol. The van der Waals surface area contributed by atoms with Crippen molar-refractivity contribution < 1.29 is 14.6 Å². The molecule has 1 N–H and O–H groups in total. The van der Waals surface area contributed by atoms with Gasteiger partial charge in [0.15, 0.2) is 0 Å². The molecule has 1 aromatic carbocycles. The number of ether oxygens (including phenoxy) is 2. The van der Waals surface area contributed by atoms with Crippen LogP contribution in [0.15, 0.2) is 18.2 Å². The standard InChI is InChI=1S/C17H24O3/c1-19-13-7-8-17-15(10-13)16(18)11-14(20-17)9-12-5-3-2-4-6-12/h7-8,10,12,14,16,18H,2-6,9,11H2,1H3. The van der Waals surface area contributed by atoms with E-state index in [1.54, 1.807) is 7.11 Å². The fourth-order valence-electron chi connectivity index (χ4n) is 3.56. The average Bonchev–Trinajstić information content (AvgIpc) is 2.48. The van der Waals surface area contributed by atoms with Crippen LogP contribution in [0.5, 0.6) is 11.5 Å². The molecule has 1 fully saturated rings. The van der Waals surface area contributed by atoms with Crippen molar-refractivity contribution in [1.82, 2.24) is 0 Å². The molecule has 1 aliphatic heterocycles. The van der Waals surface area contributed by atoms with Crippen LogP contribution in [0.4, 0.5) is 0 Å². The van der Waals surface area contributed by atoms with Gasteiger partial charge in [-0.1, -0.05) is 32.1 Å². The molecular formula is C17H24O3. The predicted octanol–water partition coefficient (Wildman–Crippen LogP) is 3.85. The van der Waals surface area contributed by atoms with Crippen molar-refractivity contribution in [3.8, 4) is 11.5 Å². The van der Waals surface area contributed by atoms with E-state index in [0.29, 0.717) is 6.42 Å². The van der Waals surface area contributed by atoms with Crippen molar-refractivity contribution in [3.63, 3.8) is 0 Å². The highest BCUT2D eigenvalue weighted by Gasteiger charge is 2.29. The van der Waals surface area contributed by atoms with Gasteiger partial charge in [0, 0.05) is 12.0 Å². The first kappa shape index (κ1) is 13.7. The number of methoxy groups -OCH3 is 1. The number of hydrogen-bond acceptors (Lipinski definition) is 3. The fraction of sp³-hybridized carbons (Fsp3) is 0.647. The highest BCUT2D eigenvalue weighted by atomic mass is 16.5. The van der Waals surface area contributed by atoms with E-state index in [1.165, 1.54) is 32.1 Å². The maximum absolute atomic E-state index is 10.3. The lowest BCUT2D eigenvalue weighted by Gasteiger charge is -2.33. The molecule has 0 bridgehead atoms. The smallest absolute Gasteiger partial charge is 0.125 e. The molecule has 0 saturated heterocycles. The van der Waals surface area contributed by atoms with Gasteiger partial charge in [-0.15, -0.1) is 0 Å². The summed E-state index contributed by atoms with van der Waals surface area (Å²) in [6, 6.07) is 5.70.